The van der Waals surface area contributed by atoms with E-state index in [1.54, 1.807) is 0 Å². The fourth-order valence-corrected chi connectivity index (χ4v) is 5.31. The van der Waals surface area contributed by atoms with Gasteiger partial charge in [0.25, 0.3) is 5.56 Å². The van der Waals surface area contributed by atoms with Crippen molar-refractivity contribution < 1.29 is 26.0 Å². The van der Waals surface area contributed by atoms with E-state index in [4.69, 9.17) is 17.3 Å². The zero-order valence-electron chi connectivity index (χ0n) is 20.7. The van der Waals surface area contributed by atoms with Crippen LogP contribution in [0.25, 0.3) is 27.5 Å². The summed E-state index contributed by atoms with van der Waals surface area (Å²) in [5.74, 6) is -4.21. The second-order valence-corrected chi connectivity index (χ2v) is 11.3. The Bertz CT molecular complexity index is 1990. The quantitative estimate of drug-likeness (QED) is 0.285. The second-order valence-electron chi connectivity index (χ2n) is 9.12. The normalized spacial score (nSPS) is 12.8. The number of benzene rings is 3. The number of fused-ring (bicyclic) bond motifs is 2. The summed E-state index contributed by atoms with van der Waals surface area (Å²) in [4.78, 5) is 18.1. The molecule has 15 heteroatoms. The van der Waals surface area contributed by atoms with Crippen LogP contribution in [0.3, 0.4) is 0 Å². The standard InChI is InChI=1S/C25H19ClF4N6O3S/c1-35-22-19(4-3-16(26)20(22)23(33-35)34-40(2,38)39)36-24(18(31)7-11-5-12(27)8-13(28)6-11)32-21-15(25(36)37)9-14(29)10-17(21)30/h3-6,8-10,18H,7,31H2,1-2H3,(H,33,34). The van der Waals surface area contributed by atoms with E-state index in [9.17, 15) is 30.8 Å². The van der Waals surface area contributed by atoms with Crippen molar-refractivity contribution in [2.24, 2.45) is 12.8 Å². The largest absolute Gasteiger partial charge is 0.321 e. The van der Waals surface area contributed by atoms with E-state index in [2.05, 4.69) is 14.8 Å². The van der Waals surface area contributed by atoms with Crippen LogP contribution in [0.15, 0.2) is 47.3 Å². The number of nitrogens with two attached hydrogens (primary N) is 1. The minimum absolute atomic E-state index is 0.0518. The first-order valence-electron chi connectivity index (χ1n) is 11.5. The molecule has 1 atom stereocenters. The van der Waals surface area contributed by atoms with Gasteiger partial charge in [-0.1, -0.05) is 11.6 Å². The lowest BCUT2D eigenvalue weighted by molar-refractivity contribution is 0.571. The van der Waals surface area contributed by atoms with E-state index < -0.39 is 55.8 Å². The van der Waals surface area contributed by atoms with Gasteiger partial charge < -0.3 is 5.73 Å². The van der Waals surface area contributed by atoms with Gasteiger partial charge in [-0.3, -0.25) is 18.8 Å². The van der Waals surface area contributed by atoms with E-state index in [-0.39, 0.29) is 45.2 Å². The molecule has 0 aliphatic rings. The average Bonchev–Trinajstić information content (AvgIpc) is 3.14. The molecule has 0 spiro atoms. The number of rotatable bonds is 6. The van der Waals surface area contributed by atoms with E-state index in [0.29, 0.717) is 12.1 Å². The maximum absolute atomic E-state index is 14.8. The highest BCUT2D eigenvalue weighted by atomic mass is 35.5. The van der Waals surface area contributed by atoms with Crippen LogP contribution in [-0.4, -0.2) is 34.0 Å². The van der Waals surface area contributed by atoms with Crippen molar-refractivity contribution in [1.82, 2.24) is 19.3 Å². The van der Waals surface area contributed by atoms with Crippen LogP contribution in [0.1, 0.15) is 17.4 Å². The van der Waals surface area contributed by atoms with E-state index in [1.165, 1.54) is 23.9 Å². The molecule has 5 aromatic rings. The fourth-order valence-electron chi connectivity index (χ4n) is 4.57. The van der Waals surface area contributed by atoms with Crippen molar-refractivity contribution >= 4 is 49.2 Å². The molecule has 0 aliphatic heterocycles. The highest BCUT2D eigenvalue weighted by molar-refractivity contribution is 7.92. The molecule has 208 valence electrons. The highest BCUT2D eigenvalue weighted by Crippen LogP contribution is 2.35. The van der Waals surface area contributed by atoms with Crippen molar-refractivity contribution in [3.05, 3.63) is 92.5 Å². The van der Waals surface area contributed by atoms with E-state index in [0.717, 1.165) is 29.0 Å². The van der Waals surface area contributed by atoms with Crippen LogP contribution in [0, 0.1) is 23.3 Å². The van der Waals surface area contributed by atoms with E-state index >= 15 is 0 Å². The Morgan fingerprint density at radius 1 is 1.05 bits per heavy atom. The van der Waals surface area contributed by atoms with Crippen molar-refractivity contribution in [2.45, 2.75) is 12.5 Å². The third-order valence-electron chi connectivity index (χ3n) is 6.07. The van der Waals surface area contributed by atoms with Gasteiger partial charge in [-0.15, -0.1) is 0 Å². The molecular formula is C25H19ClF4N6O3S. The number of nitrogens with one attached hydrogen (secondary N) is 1. The third-order valence-corrected chi connectivity index (χ3v) is 6.95. The van der Waals surface area contributed by atoms with Gasteiger partial charge in [-0.2, -0.15) is 5.10 Å². The molecule has 40 heavy (non-hydrogen) atoms. The Labute approximate surface area is 228 Å². The molecule has 3 aromatic carbocycles. The number of hydrogen-bond acceptors (Lipinski definition) is 6. The Kier molecular flexibility index (Phi) is 6.80. The topological polar surface area (TPSA) is 125 Å². The van der Waals surface area contributed by atoms with Crippen molar-refractivity contribution in [3.8, 4) is 5.69 Å². The molecule has 0 bridgehead atoms. The van der Waals surface area contributed by atoms with Crippen molar-refractivity contribution in [3.63, 3.8) is 0 Å². The molecule has 2 aromatic heterocycles. The van der Waals surface area contributed by atoms with Crippen LogP contribution in [0.2, 0.25) is 5.02 Å². The Morgan fingerprint density at radius 3 is 2.35 bits per heavy atom. The number of hydrogen-bond donors (Lipinski definition) is 2. The first kappa shape index (κ1) is 27.6. The summed E-state index contributed by atoms with van der Waals surface area (Å²) in [6.07, 6.45) is 0.691. The molecule has 0 fully saturated rings. The van der Waals surface area contributed by atoms with Gasteiger partial charge in [0.05, 0.1) is 39.3 Å². The Balaban J connectivity index is 1.84. The molecule has 0 saturated carbocycles. The first-order chi connectivity index (χ1) is 18.7. The summed E-state index contributed by atoms with van der Waals surface area (Å²) < 4.78 is 85.0. The maximum atomic E-state index is 14.8. The summed E-state index contributed by atoms with van der Waals surface area (Å²) in [7, 11) is -2.33. The minimum atomic E-state index is -3.79. The number of aryl methyl sites for hydroxylation is 1. The smallest absolute Gasteiger partial charge is 0.266 e. The fraction of sp³-hybridized carbons (Fsp3) is 0.160. The summed E-state index contributed by atoms with van der Waals surface area (Å²) in [5, 5.41) is 3.97. The predicted octanol–water partition coefficient (Wildman–Crippen LogP) is 4.10. The maximum Gasteiger partial charge on any atom is 0.266 e. The van der Waals surface area contributed by atoms with Crippen LogP contribution in [0.4, 0.5) is 23.4 Å². The van der Waals surface area contributed by atoms with Gasteiger partial charge >= 0.3 is 0 Å². The van der Waals surface area contributed by atoms with Crippen LogP contribution in [-0.2, 0) is 23.5 Å². The summed E-state index contributed by atoms with van der Waals surface area (Å²) in [6.45, 7) is 0. The summed E-state index contributed by atoms with van der Waals surface area (Å²) in [5.41, 5.74) is 5.36. The zero-order valence-corrected chi connectivity index (χ0v) is 22.3. The number of aromatic nitrogens is 4. The Morgan fingerprint density at radius 2 is 1.70 bits per heavy atom. The van der Waals surface area contributed by atoms with Gasteiger partial charge in [-0.05, 0) is 42.3 Å². The van der Waals surface area contributed by atoms with Crippen molar-refractivity contribution in [2.75, 3.05) is 11.0 Å². The molecule has 0 radical (unpaired) electrons. The predicted molar refractivity (Wildman–Crippen MR) is 142 cm³/mol. The highest BCUT2D eigenvalue weighted by Gasteiger charge is 2.26. The first-order valence-corrected chi connectivity index (χ1v) is 13.8. The van der Waals surface area contributed by atoms with Crippen LogP contribution < -0.4 is 16.0 Å². The Hall–Kier alpha value is -4.01. The second kappa shape index (κ2) is 9.87. The van der Waals surface area contributed by atoms with Crippen molar-refractivity contribution in [1.29, 1.82) is 0 Å². The van der Waals surface area contributed by atoms with Gasteiger partial charge in [0.1, 0.15) is 28.8 Å². The molecule has 9 nitrogen and oxygen atoms in total. The van der Waals surface area contributed by atoms with Gasteiger partial charge in [0, 0.05) is 19.2 Å². The molecule has 0 aliphatic carbocycles. The van der Waals surface area contributed by atoms with Gasteiger partial charge in [0.2, 0.25) is 10.0 Å². The van der Waals surface area contributed by atoms with Crippen LogP contribution >= 0.6 is 11.6 Å². The van der Waals surface area contributed by atoms with Gasteiger partial charge in [0.15, 0.2) is 11.6 Å². The lowest BCUT2D eigenvalue weighted by atomic mass is 10.0. The monoisotopic (exact) mass is 594 g/mol. The molecule has 5 rings (SSSR count). The molecule has 0 amide bonds. The summed E-state index contributed by atoms with van der Waals surface area (Å²) >= 11 is 6.39. The number of sulfonamides is 1. The minimum Gasteiger partial charge on any atom is -0.321 e. The van der Waals surface area contributed by atoms with Gasteiger partial charge in [-0.25, -0.2) is 31.0 Å². The lowest BCUT2D eigenvalue weighted by Crippen LogP contribution is -2.30. The number of nitrogens with zero attached hydrogens (tertiary/aromatic N) is 4. The SMILES string of the molecule is Cn1nc(NS(C)(=O)=O)c2c(Cl)ccc(-n3c(C(N)Cc4cc(F)cc(F)c4)nc4c(F)cc(F)cc4c3=O)c21. The molecule has 3 N–H and O–H groups in total. The van der Waals surface area contributed by atoms with Crippen LogP contribution in [0.5, 0.6) is 0 Å². The molecule has 2 heterocycles. The third kappa shape index (κ3) is 5.00. The zero-order chi connectivity index (χ0) is 29.1. The molecule has 0 saturated heterocycles. The number of anilines is 1. The average molecular weight is 595 g/mol. The van der Waals surface area contributed by atoms with E-state index in [1.807, 2.05) is 0 Å². The lowest BCUT2D eigenvalue weighted by Gasteiger charge is -2.20. The number of halogens is 5. The molecule has 1 unspecified atom stereocenters. The summed E-state index contributed by atoms with van der Waals surface area (Å²) in [6, 6.07) is 5.69. The molecular weight excluding hydrogens is 576 g/mol.